The van der Waals surface area contributed by atoms with Crippen molar-refractivity contribution in [2.24, 2.45) is 0 Å². The molecular weight excluding hydrogens is 472 g/mol. The van der Waals surface area contributed by atoms with Crippen molar-refractivity contribution in [2.45, 2.75) is 31.6 Å². The summed E-state index contributed by atoms with van der Waals surface area (Å²) in [6.45, 7) is 0.0694. The van der Waals surface area contributed by atoms with E-state index in [1.807, 2.05) is 60.7 Å². The molecule has 0 aliphatic heterocycles. The Bertz CT molecular complexity index is 1150. The second-order valence-electron chi connectivity index (χ2n) is 7.88. The molecule has 0 aromatic heterocycles. The number of aliphatic hydroxyl groups excluding tert-OH is 1. The van der Waals surface area contributed by atoms with Crippen LogP contribution in [0.5, 0.6) is 0 Å². The summed E-state index contributed by atoms with van der Waals surface area (Å²) in [5.41, 5.74) is 5.51. The van der Waals surface area contributed by atoms with E-state index in [0.717, 1.165) is 22.3 Å². The topological polar surface area (TPSA) is 125 Å². The second-order valence-corrected chi connectivity index (χ2v) is 8.31. The number of hydrogen-bond donors (Lipinski definition) is 4. The molecule has 0 aliphatic carbocycles. The zero-order valence-corrected chi connectivity index (χ0v) is 19.4. The molecule has 3 aromatic carbocycles. The Balaban J connectivity index is 1.61. The van der Waals surface area contributed by atoms with Crippen molar-refractivity contribution < 1.29 is 29.4 Å². The van der Waals surface area contributed by atoms with Crippen molar-refractivity contribution in [3.63, 3.8) is 0 Å². The number of benzene rings is 3. The van der Waals surface area contributed by atoms with Crippen molar-refractivity contribution in [3.8, 4) is 11.1 Å². The molecule has 0 radical (unpaired) electrons. The summed E-state index contributed by atoms with van der Waals surface area (Å²) in [6, 6.07) is 23.0. The van der Waals surface area contributed by atoms with Gasteiger partial charge in [0.25, 0.3) is 0 Å². The molecule has 182 valence electrons. The molecule has 35 heavy (non-hydrogen) atoms. The van der Waals surface area contributed by atoms with Gasteiger partial charge in [0.15, 0.2) is 6.10 Å². The average Bonchev–Trinajstić information content (AvgIpc) is 2.85. The summed E-state index contributed by atoms with van der Waals surface area (Å²) in [4.78, 5) is 40.7. The highest BCUT2D eigenvalue weighted by atomic mass is 35.5. The SMILES string of the molecule is O=C(NOCc1ccccc1)C(=O)NC(Cc1ccc(-c2cccc(Cl)c2)cc1)CC(O)C(=O)O. The van der Waals surface area contributed by atoms with E-state index in [0.29, 0.717) is 5.02 Å². The predicted octanol–water partition coefficient (Wildman–Crippen LogP) is 3.12. The first-order chi connectivity index (χ1) is 16.8. The number of carbonyl (C=O) groups excluding carboxylic acids is 2. The number of rotatable bonds is 10. The summed E-state index contributed by atoms with van der Waals surface area (Å²) in [5, 5.41) is 22.0. The number of aliphatic hydroxyl groups is 1. The first-order valence-corrected chi connectivity index (χ1v) is 11.2. The fourth-order valence-corrected chi connectivity index (χ4v) is 3.60. The van der Waals surface area contributed by atoms with Gasteiger partial charge in [0, 0.05) is 17.5 Å². The number of nitrogens with one attached hydrogen (secondary N) is 2. The van der Waals surface area contributed by atoms with Crippen LogP contribution in [0.15, 0.2) is 78.9 Å². The van der Waals surface area contributed by atoms with E-state index < -0.39 is 29.9 Å². The van der Waals surface area contributed by atoms with Crippen LogP contribution in [0.3, 0.4) is 0 Å². The van der Waals surface area contributed by atoms with E-state index in [-0.39, 0.29) is 19.4 Å². The number of amides is 2. The molecule has 0 saturated carbocycles. The van der Waals surface area contributed by atoms with Crippen LogP contribution in [0, 0.1) is 0 Å². The van der Waals surface area contributed by atoms with Crippen LogP contribution in [-0.2, 0) is 32.2 Å². The first kappa shape index (κ1) is 25.9. The highest BCUT2D eigenvalue weighted by Gasteiger charge is 2.24. The van der Waals surface area contributed by atoms with Crippen LogP contribution >= 0.6 is 11.6 Å². The Hall–Kier alpha value is -3.72. The summed E-state index contributed by atoms with van der Waals surface area (Å²) in [5.74, 6) is -3.46. The van der Waals surface area contributed by atoms with E-state index in [1.54, 1.807) is 18.2 Å². The lowest BCUT2D eigenvalue weighted by molar-refractivity contribution is -0.149. The van der Waals surface area contributed by atoms with Crippen molar-refractivity contribution in [3.05, 3.63) is 95.0 Å². The molecule has 0 saturated heterocycles. The third kappa shape index (κ3) is 8.22. The fourth-order valence-electron chi connectivity index (χ4n) is 3.41. The lowest BCUT2D eigenvalue weighted by Crippen LogP contribution is -2.47. The van der Waals surface area contributed by atoms with E-state index in [2.05, 4.69) is 10.8 Å². The van der Waals surface area contributed by atoms with Crippen LogP contribution in [-0.4, -0.2) is 40.1 Å². The standard InChI is InChI=1S/C26H25ClN2O6/c27-21-8-4-7-20(14-21)19-11-9-17(10-12-19)13-22(15-23(30)26(33)34)28-24(31)25(32)29-35-16-18-5-2-1-3-6-18/h1-12,14,22-23,30H,13,15-16H2,(H,28,31)(H,29,32)(H,33,34). The average molecular weight is 497 g/mol. The van der Waals surface area contributed by atoms with Crippen molar-refractivity contribution >= 4 is 29.4 Å². The highest BCUT2D eigenvalue weighted by Crippen LogP contribution is 2.23. The summed E-state index contributed by atoms with van der Waals surface area (Å²) in [7, 11) is 0. The third-order valence-corrected chi connectivity index (χ3v) is 5.41. The van der Waals surface area contributed by atoms with Gasteiger partial charge in [-0.05, 0) is 40.8 Å². The molecule has 0 bridgehead atoms. The zero-order valence-electron chi connectivity index (χ0n) is 18.7. The Morgan fingerprint density at radius 2 is 1.57 bits per heavy atom. The van der Waals surface area contributed by atoms with Gasteiger partial charge in [-0.1, -0.05) is 78.3 Å². The number of carbonyl (C=O) groups is 3. The van der Waals surface area contributed by atoms with Gasteiger partial charge in [-0.15, -0.1) is 0 Å². The fraction of sp³-hybridized carbons (Fsp3) is 0.192. The van der Waals surface area contributed by atoms with Crippen LogP contribution in [0.4, 0.5) is 0 Å². The van der Waals surface area contributed by atoms with Gasteiger partial charge in [-0.25, -0.2) is 10.3 Å². The molecule has 2 atom stereocenters. The van der Waals surface area contributed by atoms with Crippen LogP contribution < -0.4 is 10.8 Å². The maximum atomic E-state index is 12.4. The Morgan fingerprint density at radius 3 is 2.23 bits per heavy atom. The van der Waals surface area contributed by atoms with Crippen LogP contribution in [0.2, 0.25) is 5.02 Å². The summed E-state index contributed by atoms with van der Waals surface area (Å²) in [6.07, 6.45) is -1.79. The summed E-state index contributed by atoms with van der Waals surface area (Å²) >= 11 is 6.05. The third-order valence-electron chi connectivity index (χ3n) is 5.17. The van der Waals surface area contributed by atoms with Gasteiger partial charge in [0.05, 0.1) is 6.61 Å². The van der Waals surface area contributed by atoms with Gasteiger partial charge in [0.1, 0.15) is 0 Å². The Labute approximate surface area is 207 Å². The van der Waals surface area contributed by atoms with Crippen LogP contribution in [0.25, 0.3) is 11.1 Å². The van der Waals surface area contributed by atoms with Gasteiger partial charge >= 0.3 is 17.8 Å². The van der Waals surface area contributed by atoms with E-state index in [1.165, 1.54) is 0 Å². The van der Waals surface area contributed by atoms with Crippen LogP contribution in [0.1, 0.15) is 17.5 Å². The molecule has 0 fully saturated rings. The second kappa shape index (κ2) is 12.7. The highest BCUT2D eigenvalue weighted by molar-refractivity contribution is 6.34. The van der Waals surface area contributed by atoms with Crippen molar-refractivity contribution in [1.29, 1.82) is 0 Å². The molecule has 9 heteroatoms. The molecule has 3 aromatic rings. The monoisotopic (exact) mass is 496 g/mol. The molecule has 3 rings (SSSR count). The number of hydroxylamine groups is 1. The normalized spacial score (nSPS) is 12.4. The van der Waals surface area contributed by atoms with E-state index >= 15 is 0 Å². The van der Waals surface area contributed by atoms with Gasteiger partial charge < -0.3 is 15.5 Å². The maximum absolute atomic E-state index is 12.4. The van der Waals surface area contributed by atoms with Gasteiger partial charge in [-0.3, -0.25) is 14.4 Å². The number of halogens is 1. The Kier molecular flexibility index (Phi) is 9.37. The minimum absolute atomic E-state index is 0.0694. The minimum Gasteiger partial charge on any atom is -0.479 e. The van der Waals surface area contributed by atoms with E-state index in [9.17, 15) is 19.5 Å². The maximum Gasteiger partial charge on any atom is 0.332 e. The quantitative estimate of drug-likeness (QED) is 0.252. The number of aliphatic carboxylic acids is 1. The first-order valence-electron chi connectivity index (χ1n) is 10.8. The van der Waals surface area contributed by atoms with Crippen molar-refractivity contribution in [1.82, 2.24) is 10.8 Å². The smallest absolute Gasteiger partial charge is 0.332 e. The zero-order chi connectivity index (χ0) is 25.2. The number of carboxylic acids is 1. The molecule has 0 aliphatic rings. The molecule has 0 spiro atoms. The lowest BCUT2D eigenvalue weighted by Gasteiger charge is -2.20. The predicted molar refractivity (Wildman–Crippen MR) is 130 cm³/mol. The van der Waals surface area contributed by atoms with Crippen molar-refractivity contribution in [2.75, 3.05) is 0 Å². The molecule has 2 amide bonds. The molecule has 4 N–H and O–H groups in total. The summed E-state index contributed by atoms with van der Waals surface area (Å²) < 4.78 is 0. The molecule has 2 unspecified atom stereocenters. The number of carboxylic acid groups (broad SMARTS) is 1. The molecule has 0 heterocycles. The Morgan fingerprint density at radius 1 is 0.857 bits per heavy atom. The van der Waals surface area contributed by atoms with Gasteiger partial charge in [0.2, 0.25) is 0 Å². The minimum atomic E-state index is -1.71. The molecule has 8 nitrogen and oxygen atoms in total. The number of hydrogen-bond acceptors (Lipinski definition) is 5. The largest absolute Gasteiger partial charge is 0.479 e. The van der Waals surface area contributed by atoms with E-state index in [4.69, 9.17) is 21.5 Å². The van der Waals surface area contributed by atoms with Gasteiger partial charge in [-0.2, -0.15) is 0 Å². The lowest BCUT2D eigenvalue weighted by atomic mass is 9.98. The molecular formula is C26H25ClN2O6.